The van der Waals surface area contributed by atoms with Crippen molar-refractivity contribution in [1.82, 2.24) is 10.3 Å². The molecule has 2 aromatic rings. The molecule has 1 aromatic heterocycles. The Bertz CT molecular complexity index is 943. The number of rotatable bonds is 6. The van der Waals surface area contributed by atoms with Gasteiger partial charge in [-0.2, -0.15) is 26.3 Å². The van der Waals surface area contributed by atoms with Gasteiger partial charge >= 0.3 is 18.4 Å². The number of benzene rings is 1. The highest BCUT2D eigenvalue weighted by atomic mass is 35.5. The lowest BCUT2D eigenvalue weighted by Crippen LogP contribution is -2.39. The van der Waals surface area contributed by atoms with Crippen LogP contribution in [0.2, 0.25) is 10.0 Å². The number of alkyl halides is 6. The molecule has 14 heteroatoms. The second-order valence-electron chi connectivity index (χ2n) is 6.60. The third-order valence-electron chi connectivity index (χ3n) is 4.03. The zero-order valence-electron chi connectivity index (χ0n) is 16.0. The molecule has 0 fully saturated rings. The van der Waals surface area contributed by atoms with Gasteiger partial charge in [0.15, 0.2) is 12.2 Å². The maximum absolute atomic E-state index is 13.0. The molecule has 1 aromatic carbocycles. The van der Waals surface area contributed by atoms with Gasteiger partial charge in [-0.05, 0) is 30.2 Å². The maximum Gasteiger partial charge on any atom is 0.422 e. The summed E-state index contributed by atoms with van der Waals surface area (Å²) in [5.41, 5.74) is -3.62. The molecule has 0 bridgehead atoms. The van der Waals surface area contributed by atoms with Crippen LogP contribution in [-0.2, 0) is 12.1 Å². The standard InChI is InChI=1S/C18H15Cl2F6N3O3/c1-16(31,18(24,25)26)10-4-11(19)14(12(20)5-10)29-15(30)28-7-9-2-3-13(27-6-9)32-8-17(21,22)23/h2-6,31H,7-8H2,1H3,(H2,28,29,30)/t16-/m0/s1. The number of nitrogens with zero attached hydrogens (tertiary/aromatic N) is 1. The first-order valence-corrected chi connectivity index (χ1v) is 9.33. The van der Waals surface area contributed by atoms with Crippen molar-refractivity contribution in [3.05, 3.63) is 51.6 Å². The SMILES string of the molecule is C[C@](O)(c1cc(Cl)c(NC(=O)NCc2ccc(OCC(F)(F)F)nc2)c(Cl)c1)C(F)(F)F. The lowest BCUT2D eigenvalue weighted by atomic mass is 9.95. The summed E-state index contributed by atoms with van der Waals surface area (Å²) in [6.45, 7) is -1.07. The number of halogens is 8. The van der Waals surface area contributed by atoms with E-state index in [1.807, 2.05) is 0 Å². The molecule has 0 saturated carbocycles. The van der Waals surface area contributed by atoms with Gasteiger partial charge in [0, 0.05) is 18.8 Å². The first-order chi connectivity index (χ1) is 14.6. The second kappa shape index (κ2) is 9.59. The van der Waals surface area contributed by atoms with Gasteiger partial charge in [-0.1, -0.05) is 29.3 Å². The van der Waals surface area contributed by atoms with Crippen LogP contribution in [-0.4, -0.2) is 35.1 Å². The molecule has 1 atom stereocenters. The normalized spacial score (nSPS) is 13.9. The third-order valence-corrected chi connectivity index (χ3v) is 4.63. The third kappa shape index (κ3) is 6.78. The summed E-state index contributed by atoms with van der Waals surface area (Å²) in [4.78, 5) is 15.7. The molecule has 3 N–H and O–H groups in total. The lowest BCUT2D eigenvalue weighted by Gasteiger charge is -2.27. The van der Waals surface area contributed by atoms with Crippen LogP contribution in [0.5, 0.6) is 5.88 Å². The number of carbonyl (C=O) groups is 1. The van der Waals surface area contributed by atoms with Crippen LogP contribution in [0, 0.1) is 0 Å². The van der Waals surface area contributed by atoms with Gasteiger partial charge in [-0.15, -0.1) is 0 Å². The van der Waals surface area contributed by atoms with Gasteiger partial charge in [0.05, 0.1) is 15.7 Å². The molecular weight excluding hydrogens is 491 g/mol. The van der Waals surface area contributed by atoms with E-state index in [2.05, 4.69) is 20.4 Å². The van der Waals surface area contributed by atoms with E-state index >= 15 is 0 Å². The van der Waals surface area contributed by atoms with E-state index in [1.54, 1.807) is 0 Å². The van der Waals surface area contributed by atoms with Gasteiger partial charge in [-0.3, -0.25) is 0 Å². The summed E-state index contributed by atoms with van der Waals surface area (Å²) in [5.74, 6) is -0.260. The Balaban J connectivity index is 2.00. The predicted molar refractivity (Wildman–Crippen MR) is 104 cm³/mol. The van der Waals surface area contributed by atoms with Crippen LogP contribution in [0.15, 0.2) is 30.5 Å². The van der Waals surface area contributed by atoms with Crippen molar-refractivity contribution >= 4 is 34.9 Å². The number of aromatic nitrogens is 1. The summed E-state index contributed by atoms with van der Waals surface area (Å²) in [5, 5.41) is 13.7. The summed E-state index contributed by atoms with van der Waals surface area (Å²) in [6.07, 6.45) is -8.32. The van der Waals surface area contributed by atoms with Crippen molar-refractivity contribution in [2.45, 2.75) is 31.4 Å². The number of anilines is 1. The van der Waals surface area contributed by atoms with Crippen molar-refractivity contribution in [3.63, 3.8) is 0 Å². The number of pyridine rings is 1. The number of hydrogen-bond donors (Lipinski definition) is 3. The van der Waals surface area contributed by atoms with Gasteiger partial charge in [0.25, 0.3) is 0 Å². The highest BCUT2D eigenvalue weighted by Gasteiger charge is 2.51. The van der Waals surface area contributed by atoms with E-state index < -0.39 is 36.2 Å². The molecule has 32 heavy (non-hydrogen) atoms. The van der Waals surface area contributed by atoms with E-state index in [1.165, 1.54) is 18.3 Å². The smallest absolute Gasteiger partial charge is 0.422 e. The van der Waals surface area contributed by atoms with Crippen LogP contribution >= 0.6 is 23.2 Å². The molecule has 6 nitrogen and oxygen atoms in total. The monoisotopic (exact) mass is 505 g/mol. The fourth-order valence-corrected chi connectivity index (χ4v) is 2.82. The number of nitrogens with one attached hydrogen (secondary N) is 2. The van der Waals surface area contributed by atoms with Crippen LogP contribution < -0.4 is 15.4 Å². The Labute approximate surface area is 187 Å². The first-order valence-electron chi connectivity index (χ1n) is 8.58. The van der Waals surface area contributed by atoms with Crippen LogP contribution in [0.25, 0.3) is 0 Å². The van der Waals surface area contributed by atoms with Crippen molar-refractivity contribution in [2.24, 2.45) is 0 Å². The number of ether oxygens (including phenoxy) is 1. The highest BCUT2D eigenvalue weighted by Crippen LogP contribution is 2.42. The zero-order valence-corrected chi connectivity index (χ0v) is 17.5. The number of hydrogen-bond acceptors (Lipinski definition) is 4. The molecule has 0 aliphatic carbocycles. The molecule has 0 unspecified atom stereocenters. The fraction of sp³-hybridized carbons (Fsp3) is 0.333. The molecule has 0 saturated heterocycles. The van der Waals surface area contributed by atoms with Gasteiger partial charge < -0.3 is 20.5 Å². The summed E-state index contributed by atoms with van der Waals surface area (Å²) in [6, 6.07) is 3.36. The Morgan fingerprint density at radius 3 is 2.19 bits per heavy atom. The largest absolute Gasteiger partial charge is 0.468 e. The van der Waals surface area contributed by atoms with E-state index in [9.17, 15) is 36.2 Å². The fourth-order valence-electron chi connectivity index (χ4n) is 2.23. The summed E-state index contributed by atoms with van der Waals surface area (Å²) in [7, 11) is 0. The van der Waals surface area contributed by atoms with E-state index in [4.69, 9.17) is 23.2 Å². The van der Waals surface area contributed by atoms with Crippen molar-refractivity contribution < 1.29 is 41.0 Å². The Kier molecular flexibility index (Phi) is 7.74. The van der Waals surface area contributed by atoms with Gasteiger partial charge in [0.1, 0.15) is 0 Å². The summed E-state index contributed by atoms with van der Waals surface area (Å²) >= 11 is 11.8. The number of aliphatic hydroxyl groups is 1. The van der Waals surface area contributed by atoms with E-state index in [0.29, 0.717) is 12.5 Å². The Morgan fingerprint density at radius 1 is 1.12 bits per heavy atom. The topological polar surface area (TPSA) is 83.5 Å². The quantitative estimate of drug-likeness (QED) is 0.457. The number of urea groups is 1. The molecular formula is C18H15Cl2F6N3O3. The van der Waals surface area contributed by atoms with Crippen LogP contribution in [0.1, 0.15) is 18.1 Å². The number of amides is 2. The molecule has 0 aliphatic heterocycles. The van der Waals surface area contributed by atoms with Gasteiger partial charge in [0.2, 0.25) is 5.88 Å². The van der Waals surface area contributed by atoms with E-state index in [-0.39, 0.29) is 28.2 Å². The highest BCUT2D eigenvalue weighted by molar-refractivity contribution is 6.39. The second-order valence-corrected chi connectivity index (χ2v) is 7.42. The molecule has 2 amide bonds. The molecule has 0 aliphatic rings. The van der Waals surface area contributed by atoms with Crippen LogP contribution in [0.4, 0.5) is 36.8 Å². The minimum Gasteiger partial charge on any atom is -0.468 e. The minimum atomic E-state index is -4.99. The molecule has 0 radical (unpaired) electrons. The molecule has 0 spiro atoms. The Hall–Kier alpha value is -2.44. The predicted octanol–water partition coefficient (Wildman–Crippen LogP) is 5.42. The van der Waals surface area contributed by atoms with Crippen molar-refractivity contribution in [2.75, 3.05) is 11.9 Å². The molecule has 1 heterocycles. The maximum atomic E-state index is 13.0. The average Bonchev–Trinajstić information content (AvgIpc) is 2.66. The minimum absolute atomic E-state index is 0.103. The lowest BCUT2D eigenvalue weighted by molar-refractivity contribution is -0.258. The van der Waals surface area contributed by atoms with Crippen molar-refractivity contribution in [3.8, 4) is 5.88 Å². The van der Waals surface area contributed by atoms with Gasteiger partial charge in [-0.25, -0.2) is 9.78 Å². The molecule has 176 valence electrons. The molecule has 2 rings (SSSR count). The van der Waals surface area contributed by atoms with Crippen LogP contribution in [0.3, 0.4) is 0 Å². The average molecular weight is 506 g/mol. The first kappa shape index (κ1) is 25.8. The summed E-state index contributed by atoms with van der Waals surface area (Å²) < 4.78 is 79.8. The number of carbonyl (C=O) groups excluding carboxylic acids is 1. The van der Waals surface area contributed by atoms with Crippen molar-refractivity contribution in [1.29, 1.82) is 0 Å². The Morgan fingerprint density at radius 2 is 1.72 bits per heavy atom. The zero-order chi connectivity index (χ0) is 24.3. The van der Waals surface area contributed by atoms with E-state index in [0.717, 1.165) is 12.1 Å².